The summed E-state index contributed by atoms with van der Waals surface area (Å²) in [7, 11) is 0. The van der Waals surface area contributed by atoms with Gasteiger partial charge < -0.3 is 0 Å². The van der Waals surface area contributed by atoms with E-state index in [0.717, 1.165) is 13.1 Å². The fraction of sp³-hybridized carbons (Fsp3) is 0.188. The normalized spacial score (nSPS) is 16.5. The molecule has 1 nitrogen and oxygen atoms in total. The molecule has 0 aromatic heterocycles. The van der Waals surface area contributed by atoms with E-state index in [9.17, 15) is 0 Å². The molecule has 17 heavy (non-hydrogen) atoms. The van der Waals surface area contributed by atoms with Crippen LogP contribution in [0.5, 0.6) is 0 Å². The van der Waals surface area contributed by atoms with E-state index < -0.39 is 0 Å². The minimum atomic E-state index is 1.08. The molecule has 0 radical (unpaired) electrons. The molecular formula is C16H14N+. The Morgan fingerprint density at radius 2 is 1.41 bits per heavy atom. The lowest BCUT2D eigenvalue weighted by Gasteiger charge is -2.13. The second-order valence-electron chi connectivity index (χ2n) is 4.83. The molecule has 0 saturated heterocycles. The van der Waals surface area contributed by atoms with E-state index in [2.05, 4.69) is 53.1 Å². The third kappa shape index (κ3) is 1.22. The van der Waals surface area contributed by atoms with Crippen molar-refractivity contribution in [3.05, 3.63) is 70.8 Å². The van der Waals surface area contributed by atoms with Crippen LogP contribution in [0.1, 0.15) is 22.3 Å². The number of rotatable bonds is 0. The summed E-state index contributed by atoms with van der Waals surface area (Å²) in [5.41, 5.74) is 7.28. The second kappa shape index (κ2) is 3.30. The van der Waals surface area contributed by atoms with Crippen molar-refractivity contribution in [3.8, 4) is 0 Å². The summed E-state index contributed by atoms with van der Waals surface area (Å²) in [5, 5.41) is 0. The zero-order valence-electron chi connectivity index (χ0n) is 9.69. The van der Waals surface area contributed by atoms with Crippen LogP contribution in [-0.4, -0.2) is 16.8 Å². The zero-order valence-corrected chi connectivity index (χ0v) is 9.69. The lowest BCUT2D eigenvalue weighted by atomic mass is 9.93. The van der Waals surface area contributed by atoms with Crippen molar-refractivity contribution in [2.24, 2.45) is 0 Å². The van der Waals surface area contributed by atoms with Crippen LogP contribution in [0.3, 0.4) is 0 Å². The first-order valence-corrected chi connectivity index (χ1v) is 6.22. The summed E-state index contributed by atoms with van der Waals surface area (Å²) in [6, 6.07) is 17.6. The van der Waals surface area contributed by atoms with Crippen molar-refractivity contribution in [2.45, 2.75) is 13.0 Å². The first kappa shape index (κ1) is 9.17. The standard InChI is InChI=1S/C16H14N/c1-3-7-14-12(5-1)9-10-17-11-13-6-2-4-8-15(13)16(14)17/h1-8H,9-11H2/q+1. The average Bonchev–Trinajstić information content (AvgIpc) is 2.77. The smallest absolute Gasteiger partial charge is 0.215 e. The highest BCUT2D eigenvalue weighted by atomic mass is 15.0. The second-order valence-corrected chi connectivity index (χ2v) is 4.83. The van der Waals surface area contributed by atoms with Crippen LogP contribution in [0.4, 0.5) is 0 Å². The van der Waals surface area contributed by atoms with Gasteiger partial charge in [-0.2, -0.15) is 0 Å². The van der Waals surface area contributed by atoms with E-state index in [0.29, 0.717) is 0 Å². The maximum absolute atomic E-state index is 2.52. The van der Waals surface area contributed by atoms with Crippen molar-refractivity contribution >= 4 is 5.71 Å². The highest BCUT2D eigenvalue weighted by Crippen LogP contribution is 2.27. The fourth-order valence-electron chi connectivity index (χ4n) is 3.08. The van der Waals surface area contributed by atoms with Crippen LogP contribution in [0, 0.1) is 0 Å². The molecule has 2 heterocycles. The molecule has 0 spiro atoms. The summed E-state index contributed by atoms with van der Waals surface area (Å²) in [6.07, 6.45) is 1.17. The minimum absolute atomic E-state index is 1.08. The van der Waals surface area contributed by atoms with Crippen LogP contribution in [0.25, 0.3) is 0 Å². The van der Waals surface area contributed by atoms with Gasteiger partial charge in [-0.25, -0.2) is 4.58 Å². The fourth-order valence-corrected chi connectivity index (χ4v) is 3.08. The van der Waals surface area contributed by atoms with Gasteiger partial charge in [0.05, 0.1) is 5.56 Å². The van der Waals surface area contributed by atoms with E-state index in [1.54, 1.807) is 0 Å². The number of nitrogens with zero attached hydrogens (tertiary/aromatic N) is 1. The molecule has 0 aliphatic carbocycles. The SMILES string of the molecule is c1ccc2c(c1)CC[N+]1=C2c2ccccc2C1. The molecule has 2 aliphatic rings. The van der Waals surface area contributed by atoms with Gasteiger partial charge in [-0.05, 0) is 17.7 Å². The van der Waals surface area contributed by atoms with Gasteiger partial charge in [0, 0.05) is 17.5 Å². The third-order valence-electron chi connectivity index (χ3n) is 3.87. The molecule has 4 rings (SSSR count). The Morgan fingerprint density at radius 3 is 2.24 bits per heavy atom. The van der Waals surface area contributed by atoms with Crippen LogP contribution in [0.15, 0.2) is 48.5 Å². The molecule has 0 atom stereocenters. The molecule has 82 valence electrons. The molecule has 0 unspecified atom stereocenters. The Balaban J connectivity index is 2.00. The topological polar surface area (TPSA) is 3.01 Å². The minimum Gasteiger partial charge on any atom is -0.224 e. The van der Waals surface area contributed by atoms with Crippen molar-refractivity contribution in [2.75, 3.05) is 6.54 Å². The monoisotopic (exact) mass is 220 g/mol. The highest BCUT2D eigenvalue weighted by molar-refractivity contribution is 6.12. The Labute approximate surface area is 101 Å². The Morgan fingerprint density at radius 1 is 0.765 bits per heavy atom. The molecule has 0 saturated carbocycles. The van der Waals surface area contributed by atoms with Gasteiger partial charge in [0.25, 0.3) is 0 Å². The van der Waals surface area contributed by atoms with E-state index in [-0.39, 0.29) is 0 Å². The zero-order chi connectivity index (χ0) is 11.2. The van der Waals surface area contributed by atoms with E-state index in [1.807, 2.05) is 0 Å². The number of hydrogen-bond donors (Lipinski definition) is 0. The quantitative estimate of drug-likeness (QED) is 0.600. The average molecular weight is 220 g/mol. The first-order valence-electron chi connectivity index (χ1n) is 6.22. The first-order chi connectivity index (χ1) is 8.43. The van der Waals surface area contributed by atoms with Crippen molar-refractivity contribution in [1.82, 2.24) is 0 Å². The van der Waals surface area contributed by atoms with Gasteiger partial charge in [-0.15, -0.1) is 0 Å². The number of fused-ring (bicyclic) bond motifs is 4. The summed E-state index contributed by atoms with van der Waals surface area (Å²) in [4.78, 5) is 0. The highest BCUT2D eigenvalue weighted by Gasteiger charge is 2.33. The van der Waals surface area contributed by atoms with Crippen LogP contribution < -0.4 is 0 Å². The van der Waals surface area contributed by atoms with Crippen LogP contribution >= 0.6 is 0 Å². The Hall–Kier alpha value is -1.89. The van der Waals surface area contributed by atoms with E-state index in [4.69, 9.17) is 0 Å². The Kier molecular flexibility index (Phi) is 1.78. The summed E-state index contributed by atoms with van der Waals surface area (Å²) in [6.45, 7) is 2.24. The predicted molar refractivity (Wildman–Crippen MR) is 68.6 cm³/mol. The molecule has 0 fully saturated rings. The van der Waals surface area contributed by atoms with Crippen molar-refractivity contribution in [3.63, 3.8) is 0 Å². The van der Waals surface area contributed by atoms with Gasteiger partial charge in [0.1, 0.15) is 6.54 Å². The van der Waals surface area contributed by atoms with Crippen molar-refractivity contribution in [1.29, 1.82) is 0 Å². The predicted octanol–water partition coefficient (Wildman–Crippen LogP) is 2.61. The van der Waals surface area contributed by atoms with Crippen LogP contribution in [0.2, 0.25) is 0 Å². The number of benzene rings is 2. The summed E-state index contributed by atoms with van der Waals surface area (Å²) >= 11 is 0. The van der Waals surface area contributed by atoms with E-state index in [1.165, 1.54) is 34.4 Å². The van der Waals surface area contributed by atoms with Gasteiger partial charge in [0.2, 0.25) is 5.71 Å². The Bertz CT molecular complexity index is 637. The third-order valence-corrected chi connectivity index (χ3v) is 3.87. The summed E-state index contributed by atoms with van der Waals surface area (Å²) in [5.74, 6) is 0. The van der Waals surface area contributed by atoms with Gasteiger partial charge in [0.15, 0.2) is 6.54 Å². The summed E-state index contributed by atoms with van der Waals surface area (Å²) < 4.78 is 2.52. The maximum atomic E-state index is 2.52. The molecular weight excluding hydrogens is 206 g/mol. The lowest BCUT2D eigenvalue weighted by Crippen LogP contribution is -2.25. The molecule has 2 aromatic rings. The molecule has 2 aliphatic heterocycles. The molecule has 0 N–H and O–H groups in total. The largest absolute Gasteiger partial charge is 0.224 e. The van der Waals surface area contributed by atoms with E-state index >= 15 is 0 Å². The maximum Gasteiger partial charge on any atom is 0.215 e. The van der Waals surface area contributed by atoms with Crippen molar-refractivity contribution < 1.29 is 4.58 Å². The molecule has 2 aromatic carbocycles. The molecule has 0 amide bonds. The lowest BCUT2D eigenvalue weighted by molar-refractivity contribution is -0.539. The molecule has 1 heteroatoms. The van der Waals surface area contributed by atoms with Gasteiger partial charge >= 0.3 is 0 Å². The van der Waals surface area contributed by atoms with Gasteiger partial charge in [-0.1, -0.05) is 36.4 Å². The van der Waals surface area contributed by atoms with Gasteiger partial charge in [-0.3, -0.25) is 0 Å². The number of hydrogen-bond acceptors (Lipinski definition) is 0. The molecule has 0 bridgehead atoms. The van der Waals surface area contributed by atoms with Crippen LogP contribution in [-0.2, 0) is 13.0 Å².